The number of phenols is 1. The Bertz CT molecular complexity index is 626. The molecular formula is C15H15N3OS. The third-order valence-corrected chi connectivity index (χ3v) is 2.84. The molecule has 2 aromatic rings. The zero-order valence-corrected chi connectivity index (χ0v) is 11.8. The Kier molecular flexibility index (Phi) is 4.68. The van der Waals surface area contributed by atoms with E-state index in [-0.39, 0.29) is 5.75 Å². The average molecular weight is 285 g/mol. The molecule has 20 heavy (non-hydrogen) atoms. The molecular weight excluding hydrogens is 270 g/mol. The van der Waals surface area contributed by atoms with Crippen LogP contribution in [0.2, 0.25) is 0 Å². The summed E-state index contributed by atoms with van der Waals surface area (Å²) in [6.07, 6.45) is 0. The lowest BCUT2D eigenvalue weighted by Crippen LogP contribution is -2.24. The molecule has 0 atom stereocenters. The molecule has 4 nitrogen and oxygen atoms in total. The number of rotatable bonds is 3. The Balaban J connectivity index is 1.99. The first-order valence-corrected chi connectivity index (χ1v) is 6.52. The van der Waals surface area contributed by atoms with Gasteiger partial charge in [-0.3, -0.25) is 5.43 Å². The van der Waals surface area contributed by atoms with Crippen molar-refractivity contribution in [1.29, 1.82) is 0 Å². The van der Waals surface area contributed by atoms with Crippen molar-refractivity contribution in [2.75, 3.05) is 5.32 Å². The largest absolute Gasteiger partial charge is 0.507 e. The van der Waals surface area contributed by atoms with Gasteiger partial charge >= 0.3 is 0 Å². The Morgan fingerprint density at radius 3 is 2.40 bits per heavy atom. The van der Waals surface area contributed by atoms with E-state index in [0.29, 0.717) is 16.4 Å². The predicted octanol–water partition coefficient (Wildman–Crippen LogP) is 3.10. The maximum Gasteiger partial charge on any atom is 0.191 e. The molecule has 102 valence electrons. The molecule has 0 saturated heterocycles. The van der Waals surface area contributed by atoms with Crippen molar-refractivity contribution in [2.45, 2.75) is 6.92 Å². The third-order valence-electron chi connectivity index (χ3n) is 2.65. The second-order valence-corrected chi connectivity index (χ2v) is 4.55. The summed E-state index contributed by atoms with van der Waals surface area (Å²) in [5.74, 6) is 0.192. The molecule has 0 aromatic heterocycles. The molecule has 0 heterocycles. The number of nitrogens with zero attached hydrogens (tertiary/aromatic N) is 1. The molecule has 0 aliphatic carbocycles. The topological polar surface area (TPSA) is 56.7 Å². The number of para-hydroxylation sites is 2. The summed E-state index contributed by atoms with van der Waals surface area (Å²) in [5, 5.41) is 17.3. The highest BCUT2D eigenvalue weighted by atomic mass is 32.1. The first kappa shape index (κ1) is 14.0. The summed E-state index contributed by atoms with van der Waals surface area (Å²) in [5.41, 5.74) is 4.97. The van der Waals surface area contributed by atoms with Gasteiger partial charge in [-0.1, -0.05) is 30.3 Å². The van der Waals surface area contributed by atoms with Crippen LogP contribution in [0, 0.1) is 0 Å². The quantitative estimate of drug-likeness (QED) is 0.461. The molecule has 5 heteroatoms. The SMILES string of the molecule is CC(=NNC(=S)Nc1ccccc1)c1ccccc1O. The van der Waals surface area contributed by atoms with Crippen molar-refractivity contribution >= 4 is 28.7 Å². The number of thiocarbonyl (C=S) groups is 1. The first-order chi connectivity index (χ1) is 9.66. The molecule has 0 unspecified atom stereocenters. The van der Waals surface area contributed by atoms with Gasteiger partial charge in [0.05, 0.1) is 5.71 Å². The van der Waals surface area contributed by atoms with Crippen molar-refractivity contribution in [1.82, 2.24) is 5.43 Å². The fourth-order valence-corrected chi connectivity index (χ4v) is 1.82. The zero-order valence-electron chi connectivity index (χ0n) is 11.0. The third kappa shape index (κ3) is 3.80. The number of hydrazone groups is 1. The molecule has 0 bridgehead atoms. The fraction of sp³-hybridized carbons (Fsp3) is 0.0667. The second kappa shape index (κ2) is 6.68. The fourth-order valence-electron chi connectivity index (χ4n) is 1.65. The minimum atomic E-state index is 0.192. The van der Waals surface area contributed by atoms with E-state index >= 15 is 0 Å². The van der Waals surface area contributed by atoms with E-state index in [1.165, 1.54) is 0 Å². The molecule has 2 rings (SSSR count). The second-order valence-electron chi connectivity index (χ2n) is 4.15. The molecule has 0 saturated carbocycles. The number of hydrogen-bond acceptors (Lipinski definition) is 3. The summed E-state index contributed by atoms with van der Waals surface area (Å²) < 4.78 is 0. The number of nitrogens with one attached hydrogen (secondary N) is 2. The Morgan fingerprint density at radius 2 is 1.70 bits per heavy atom. The van der Waals surface area contributed by atoms with Crippen LogP contribution in [-0.4, -0.2) is 15.9 Å². The lowest BCUT2D eigenvalue weighted by molar-refractivity contribution is 0.474. The number of aromatic hydroxyl groups is 1. The van der Waals surface area contributed by atoms with Gasteiger partial charge in [-0.15, -0.1) is 0 Å². The Labute approximate surface area is 123 Å². The van der Waals surface area contributed by atoms with Crippen LogP contribution in [0.4, 0.5) is 5.69 Å². The van der Waals surface area contributed by atoms with Gasteiger partial charge < -0.3 is 10.4 Å². The highest BCUT2D eigenvalue weighted by Crippen LogP contribution is 2.16. The van der Waals surface area contributed by atoms with Crippen LogP contribution in [0.5, 0.6) is 5.75 Å². The lowest BCUT2D eigenvalue weighted by Gasteiger charge is -2.08. The van der Waals surface area contributed by atoms with Crippen molar-refractivity contribution in [3.8, 4) is 5.75 Å². The molecule has 0 aliphatic rings. The van der Waals surface area contributed by atoms with E-state index in [4.69, 9.17) is 12.2 Å². The van der Waals surface area contributed by atoms with Crippen LogP contribution in [0.25, 0.3) is 0 Å². The Morgan fingerprint density at radius 1 is 1.05 bits per heavy atom. The van der Waals surface area contributed by atoms with Crippen LogP contribution < -0.4 is 10.7 Å². The highest BCUT2D eigenvalue weighted by molar-refractivity contribution is 7.80. The van der Waals surface area contributed by atoms with Crippen LogP contribution >= 0.6 is 12.2 Å². The Hall–Kier alpha value is -2.40. The van der Waals surface area contributed by atoms with Gasteiger partial charge in [0.15, 0.2) is 5.11 Å². The molecule has 0 amide bonds. The molecule has 0 fully saturated rings. The van der Waals surface area contributed by atoms with E-state index < -0.39 is 0 Å². The molecule has 3 N–H and O–H groups in total. The molecule has 2 aromatic carbocycles. The summed E-state index contributed by atoms with van der Waals surface area (Å²) in [6, 6.07) is 16.6. The predicted molar refractivity (Wildman–Crippen MR) is 86.1 cm³/mol. The maximum atomic E-state index is 9.72. The van der Waals surface area contributed by atoms with Crippen LogP contribution in [0.15, 0.2) is 59.7 Å². The van der Waals surface area contributed by atoms with Gasteiger partial charge in [0.25, 0.3) is 0 Å². The standard InChI is InChI=1S/C15H15N3OS/c1-11(13-9-5-6-10-14(13)19)17-18-15(20)16-12-7-3-2-4-8-12/h2-10,19H,1H3,(H2,16,18,20). The van der Waals surface area contributed by atoms with Crippen LogP contribution in [0.1, 0.15) is 12.5 Å². The minimum absolute atomic E-state index is 0.192. The number of hydrogen-bond donors (Lipinski definition) is 3. The monoisotopic (exact) mass is 285 g/mol. The van der Waals surface area contributed by atoms with Crippen molar-refractivity contribution < 1.29 is 5.11 Å². The first-order valence-electron chi connectivity index (χ1n) is 6.11. The highest BCUT2D eigenvalue weighted by Gasteiger charge is 2.03. The van der Waals surface area contributed by atoms with Gasteiger partial charge in [0.2, 0.25) is 0 Å². The van der Waals surface area contributed by atoms with Gasteiger partial charge in [0.1, 0.15) is 5.75 Å². The lowest BCUT2D eigenvalue weighted by atomic mass is 10.1. The number of benzene rings is 2. The van der Waals surface area contributed by atoms with E-state index in [9.17, 15) is 5.11 Å². The minimum Gasteiger partial charge on any atom is -0.507 e. The van der Waals surface area contributed by atoms with E-state index in [2.05, 4.69) is 15.8 Å². The van der Waals surface area contributed by atoms with E-state index in [0.717, 1.165) is 5.69 Å². The average Bonchev–Trinajstić information content (AvgIpc) is 2.46. The number of phenolic OH excluding ortho intramolecular Hbond substituents is 1. The molecule has 0 aliphatic heterocycles. The maximum absolute atomic E-state index is 9.72. The van der Waals surface area contributed by atoms with Gasteiger partial charge in [0, 0.05) is 11.3 Å². The smallest absolute Gasteiger partial charge is 0.191 e. The summed E-state index contributed by atoms with van der Waals surface area (Å²) >= 11 is 5.15. The summed E-state index contributed by atoms with van der Waals surface area (Å²) in [7, 11) is 0. The van der Waals surface area contributed by atoms with Crippen LogP contribution in [0.3, 0.4) is 0 Å². The van der Waals surface area contributed by atoms with Gasteiger partial charge in [-0.05, 0) is 43.4 Å². The van der Waals surface area contributed by atoms with Crippen LogP contribution in [-0.2, 0) is 0 Å². The number of anilines is 1. The van der Waals surface area contributed by atoms with E-state index in [1.807, 2.05) is 36.4 Å². The van der Waals surface area contributed by atoms with Crippen molar-refractivity contribution in [3.05, 3.63) is 60.2 Å². The van der Waals surface area contributed by atoms with Crippen molar-refractivity contribution in [3.63, 3.8) is 0 Å². The normalized spacial score (nSPS) is 10.9. The van der Waals surface area contributed by atoms with Crippen molar-refractivity contribution in [2.24, 2.45) is 5.10 Å². The zero-order chi connectivity index (χ0) is 14.4. The van der Waals surface area contributed by atoms with E-state index in [1.54, 1.807) is 25.1 Å². The van der Waals surface area contributed by atoms with Gasteiger partial charge in [-0.25, -0.2) is 0 Å². The summed E-state index contributed by atoms with van der Waals surface area (Å²) in [4.78, 5) is 0. The summed E-state index contributed by atoms with van der Waals surface area (Å²) in [6.45, 7) is 1.80. The molecule has 0 radical (unpaired) electrons. The molecule has 0 spiro atoms. The van der Waals surface area contributed by atoms with Gasteiger partial charge in [-0.2, -0.15) is 5.10 Å².